The number of amides is 2. The Labute approximate surface area is 187 Å². The maximum atomic E-state index is 12.6. The number of rotatable bonds is 18. The highest BCUT2D eigenvalue weighted by molar-refractivity contribution is 5.87. The van der Waals surface area contributed by atoms with Crippen LogP contribution in [-0.2, 0) is 16.0 Å². The number of hydrogen-bond acceptors (Lipinski definition) is 5. The molecule has 0 unspecified atom stereocenters. The summed E-state index contributed by atoms with van der Waals surface area (Å²) in [6.07, 6.45) is 9.30. The maximum Gasteiger partial charge on any atom is 0.242 e. The van der Waals surface area contributed by atoms with Crippen LogP contribution in [0.15, 0.2) is 24.3 Å². The molecule has 1 atom stereocenters. The molecule has 0 saturated heterocycles. The Morgan fingerprint density at radius 2 is 1.55 bits per heavy atom. The second-order valence-corrected chi connectivity index (χ2v) is 8.05. The quantitative estimate of drug-likeness (QED) is 0.228. The Balaban J connectivity index is 2.25. The summed E-state index contributed by atoms with van der Waals surface area (Å²) in [7, 11) is 0. The summed E-state index contributed by atoms with van der Waals surface area (Å²) in [6.45, 7) is 5.42. The first-order valence-electron chi connectivity index (χ1n) is 11.8. The molecule has 1 aromatic rings. The Hall–Kier alpha value is -2.12. The number of aromatic hydroxyl groups is 1. The lowest BCUT2D eigenvalue weighted by molar-refractivity contribution is -0.129. The highest BCUT2D eigenvalue weighted by Gasteiger charge is 2.20. The van der Waals surface area contributed by atoms with Crippen molar-refractivity contribution in [2.24, 2.45) is 5.73 Å². The molecule has 0 aromatic heterocycles. The summed E-state index contributed by atoms with van der Waals surface area (Å²) < 4.78 is 0. The summed E-state index contributed by atoms with van der Waals surface area (Å²) >= 11 is 0. The second-order valence-electron chi connectivity index (χ2n) is 8.05. The molecule has 0 aliphatic rings. The lowest BCUT2D eigenvalue weighted by Crippen LogP contribution is -2.48. The van der Waals surface area contributed by atoms with Gasteiger partial charge in [-0.05, 0) is 69.4 Å². The standard InChI is InChI=1S/C24H42N4O3/c1-2-10-23(30)28-22(19-20-11-13-21(29)14-12-20)24(31)27-18-8-5-3-4-7-16-26-17-9-6-15-25/h11-14,22,26,29H,2-10,15-19,25H2,1H3,(H,27,31)(H,28,30)/t22-/m1/s1. The monoisotopic (exact) mass is 434 g/mol. The molecule has 0 bridgehead atoms. The van der Waals surface area contributed by atoms with Gasteiger partial charge in [-0.2, -0.15) is 0 Å². The Morgan fingerprint density at radius 1 is 0.935 bits per heavy atom. The fraction of sp³-hybridized carbons (Fsp3) is 0.667. The number of phenols is 1. The van der Waals surface area contributed by atoms with Crippen molar-refractivity contribution in [2.45, 2.75) is 77.2 Å². The zero-order valence-electron chi connectivity index (χ0n) is 19.1. The number of benzene rings is 1. The van der Waals surface area contributed by atoms with Crippen molar-refractivity contribution in [3.05, 3.63) is 29.8 Å². The molecule has 0 aliphatic carbocycles. The molecule has 0 fully saturated rings. The lowest BCUT2D eigenvalue weighted by atomic mass is 10.0. The largest absolute Gasteiger partial charge is 0.508 e. The van der Waals surface area contributed by atoms with E-state index < -0.39 is 6.04 Å². The van der Waals surface area contributed by atoms with Gasteiger partial charge in [-0.3, -0.25) is 9.59 Å². The van der Waals surface area contributed by atoms with E-state index in [1.807, 2.05) is 6.92 Å². The third-order valence-electron chi connectivity index (χ3n) is 5.14. The molecule has 1 rings (SSSR count). The summed E-state index contributed by atoms with van der Waals surface area (Å²) in [4.78, 5) is 24.7. The normalized spacial score (nSPS) is 11.8. The van der Waals surface area contributed by atoms with Crippen molar-refractivity contribution in [3.63, 3.8) is 0 Å². The van der Waals surface area contributed by atoms with Gasteiger partial charge in [0.15, 0.2) is 0 Å². The smallest absolute Gasteiger partial charge is 0.242 e. The van der Waals surface area contributed by atoms with Crippen molar-refractivity contribution in [2.75, 3.05) is 26.2 Å². The zero-order chi connectivity index (χ0) is 22.7. The van der Waals surface area contributed by atoms with Crippen LogP contribution < -0.4 is 21.7 Å². The first-order chi connectivity index (χ1) is 15.1. The van der Waals surface area contributed by atoms with Crippen LogP contribution in [0.5, 0.6) is 5.75 Å². The number of carbonyl (C=O) groups is 2. The Kier molecular flexibility index (Phi) is 15.2. The molecule has 6 N–H and O–H groups in total. The van der Waals surface area contributed by atoms with Gasteiger partial charge in [0.2, 0.25) is 11.8 Å². The van der Waals surface area contributed by atoms with Crippen molar-refractivity contribution in [1.29, 1.82) is 0 Å². The Bertz CT molecular complexity index is 607. The molecular formula is C24H42N4O3. The van der Waals surface area contributed by atoms with E-state index in [-0.39, 0.29) is 17.6 Å². The summed E-state index contributed by atoms with van der Waals surface area (Å²) in [5.74, 6) is -0.0839. The minimum Gasteiger partial charge on any atom is -0.508 e. The van der Waals surface area contributed by atoms with Gasteiger partial charge in [-0.1, -0.05) is 38.3 Å². The van der Waals surface area contributed by atoms with Crippen molar-refractivity contribution in [1.82, 2.24) is 16.0 Å². The van der Waals surface area contributed by atoms with Crippen LogP contribution in [0.4, 0.5) is 0 Å². The van der Waals surface area contributed by atoms with Crippen molar-refractivity contribution >= 4 is 11.8 Å². The van der Waals surface area contributed by atoms with Crippen LogP contribution in [0.2, 0.25) is 0 Å². The van der Waals surface area contributed by atoms with Crippen LogP contribution in [-0.4, -0.2) is 49.1 Å². The number of unbranched alkanes of at least 4 members (excludes halogenated alkanes) is 5. The van der Waals surface area contributed by atoms with Crippen LogP contribution in [0.1, 0.15) is 70.3 Å². The third-order valence-corrected chi connectivity index (χ3v) is 5.14. The molecule has 7 heteroatoms. The average Bonchev–Trinajstić information content (AvgIpc) is 2.75. The van der Waals surface area contributed by atoms with Gasteiger partial charge >= 0.3 is 0 Å². The molecule has 0 heterocycles. The highest BCUT2D eigenvalue weighted by atomic mass is 16.3. The molecule has 0 saturated carbocycles. The number of hydrogen-bond donors (Lipinski definition) is 5. The lowest BCUT2D eigenvalue weighted by Gasteiger charge is -2.19. The average molecular weight is 435 g/mol. The van der Waals surface area contributed by atoms with Gasteiger partial charge < -0.3 is 26.8 Å². The van der Waals surface area contributed by atoms with E-state index in [4.69, 9.17) is 5.73 Å². The summed E-state index contributed by atoms with van der Waals surface area (Å²) in [6, 6.07) is 6.12. The zero-order valence-corrected chi connectivity index (χ0v) is 19.1. The first-order valence-corrected chi connectivity index (χ1v) is 11.8. The van der Waals surface area contributed by atoms with Gasteiger partial charge in [0.25, 0.3) is 0 Å². The van der Waals surface area contributed by atoms with E-state index in [2.05, 4.69) is 16.0 Å². The minimum atomic E-state index is -0.603. The Morgan fingerprint density at radius 3 is 2.19 bits per heavy atom. The predicted octanol–water partition coefficient (Wildman–Crippen LogP) is 2.61. The molecule has 2 amide bonds. The van der Waals surface area contributed by atoms with Gasteiger partial charge in [-0.15, -0.1) is 0 Å². The minimum absolute atomic E-state index is 0.113. The molecule has 1 aromatic carbocycles. The molecule has 7 nitrogen and oxygen atoms in total. The molecule has 0 aliphatic heterocycles. The van der Waals surface area contributed by atoms with Gasteiger partial charge in [0, 0.05) is 19.4 Å². The highest BCUT2D eigenvalue weighted by Crippen LogP contribution is 2.12. The van der Waals surface area contributed by atoms with Crippen LogP contribution in [0.3, 0.4) is 0 Å². The molecule has 0 radical (unpaired) electrons. The van der Waals surface area contributed by atoms with E-state index in [0.717, 1.165) is 63.7 Å². The molecule has 176 valence electrons. The number of phenolic OH excluding ortho intramolecular Hbond substituents is 1. The predicted molar refractivity (Wildman–Crippen MR) is 126 cm³/mol. The fourth-order valence-corrected chi connectivity index (χ4v) is 3.33. The third kappa shape index (κ3) is 13.7. The number of carbonyl (C=O) groups excluding carboxylic acids is 2. The van der Waals surface area contributed by atoms with E-state index >= 15 is 0 Å². The van der Waals surface area contributed by atoms with Crippen molar-refractivity contribution < 1.29 is 14.7 Å². The summed E-state index contributed by atoms with van der Waals surface area (Å²) in [5, 5.41) is 18.7. The SMILES string of the molecule is CCCC(=O)N[C@H](Cc1ccc(O)cc1)C(=O)NCCCCCCCNCCCCN. The van der Waals surface area contributed by atoms with E-state index in [1.54, 1.807) is 24.3 Å². The molecule has 31 heavy (non-hydrogen) atoms. The van der Waals surface area contributed by atoms with Gasteiger partial charge in [0.05, 0.1) is 0 Å². The molecule has 0 spiro atoms. The van der Waals surface area contributed by atoms with Crippen LogP contribution >= 0.6 is 0 Å². The van der Waals surface area contributed by atoms with E-state index in [0.29, 0.717) is 19.4 Å². The van der Waals surface area contributed by atoms with Crippen LogP contribution in [0.25, 0.3) is 0 Å². The van der Waals surface area contributed by atoms with E-state index in [1.165, 1.54) is 12.8 Å². The van der Waals surface area contributed by atoms with Crippen LogP contribution in [0, 0.1) is 0 Å². The number of nitrogens with two attached hydrogens (primary N) is 1. The van der Waals surface area contributed by atoms with Crippen molar-refractivity contribution in [3.8, 4) is 5.75 Å². The van der Waals surface area contributed by atoms with Gasteiger partial charge in [-0.25, -0.2) is 0 Å². The molecular weight excluding hydrogens is 392 g/mol. The van der Waals surface area contributed by atoms with Gasteiger partial charge in [0.1, 0.15) is 11.8 Å². The second kappa shape index (κ2) is 17.5. The maximum absolute atomic E-state index is 12.6. The fourth-order valence-electron chi connectivity index (χ4n) is 3.33. The van der Waals surface area contributed by atoms with E-state index in [9.17, 15) is 14.7 Å². The number of nitrogens with one attached hydrogen (secondary N) is 3. The summed E-state index contributed by atoms with van der Waals surface area (Å²) in [5.41, 5.74) is 6.37. The topological polar surface area (TPSA) is 116 Å². The first kappa shape index (κ1) is 26.9.